The largest absolute Gasteiger partial charge is 0.491 e. The number of rotatable bonds is 8. The number of aliphatic hydroxyl groups excluding tert-OH is 1. The molecule has 8 heteroatoms. The van der Waals surface area contributed by atoms with Gasteiger partial charge in [-0.25, -0.2) is 4.98 Å². The number of aliphatic carboxylic acids is 1. The van der Waals surface area contributed by atoms with Crippen molar-refractivity contribution in [1.82, 2.24) is 9.55 Å². The summed E-state index contributed by atoms with van der Waals surface area (Å²) in [7, 11) is 0. The molecule has 3 aromatic rings. The molecular weight excluding hydrogens is 434 g/mol. The Morgan fingerprint density at radius 1 is 1.21 bits per heavy atom. The van der Waals surface area contributed by atoms with Crippen LogP contribution in [0.2, 0.25) is 0 Å². The number of fused-ring (bicyclic) bond motifs is 3. The number of hydrogen-bond donors (Lipinski definition) is 3. The number of nitrogens with zero attached hydrogens (tertiary/aromatic N) is 2. The first-order valence-electron chi connectivity index (χ1n) is 11.4. The molecule has 5 atom stereocenters. The summed E-state index contributed by atoms with van der Waals surface area (Å²) in [6.45, 7) is 2.13. The van der Waals surface area contributed by atoms with E-state index in [0.29, 0.717) is 24.4 Å². The minimum absolute atomic E-state index is 0.0530. The van der Waals surface area contributed by atoms with Gasteiger partial charge >= 0.3 is 5.97 Å². The molecule has 2 aliphatic carbocycles. The van der Waals surface area contributed by atoms with Gasteiger partial charge in [0.05, 0.1) is 35.2 Å². The summed E-state index contributed by atoms with van der Waals surface area (Å²) >= 11 is 0. The first-order chi connectivity index (χ1) is 16.4. The number of carbonyl (C=O) groups excluding carboxylic acids is 1. The number of ether oxygens (including phenoxy) is 1. The van der Waals surface area contributed by atoms with Crippen LogP contribution in [0.25, 0.3) is 11.0 Å². The third kappa shape index (κ3) is 3.84. The molecule has 2 aromatic carbocycles. The molecule has 0 radical (unpaired) electrons. The van der Waals surface area contributed by atoms with Gasteiger partial charge in [-0.2, -0.15) is 0 Å². The highest BCUT2D eigenvalue weighted by Gasteiger charge is 2.60. The molecule has 3 N–H and O–H groups in total. The first-order valence-corrected chi connectivity index (χ1v) is 11.4. The highest BCUT2D eigenvalue weighted by atomic mass is 16.5. The quantitative estimate of drug-likeness (QED) is 0.444. The minimum atomic E-state index is -1.09. The fourth-order valence-electron chi connectivity index (χ4n) is 5.34. The fraction of sp³-hybridized carbons (Fsp3) is 0.346. The predicted molar refractivity (Wildman–Crippen MR) is 126 cm³/mol. The SMILES string of the molecule is CC1(C(=O)O)C2C=CC(C2)C1C(=O)Nc1ccc(OCC(O)Cn2cnc3ccccc32)cc1. The molecule has 2 aliphatic rings. The van der Waals surface area contributed by atoms with Crippen molar-refractivity contribution in [3.8, 4) is 5.75 Å². The average Bonchev–Trinajstić information content (AvgIpc) is 3.53. The number of benzene rings is 2. The van der Waals surface area contributed by atoms with Crippen LogP contribution in [-0.2, 0) is 16.1 Å². The lowest BCUT2D eigenvalue weighted by atomic mass is 9.69. The van der Waals surface area contributed by atoms with Gasteiger partial charge in [-0.15, -0.1) is 0 Å². The van der Waals surface area contributed by atoms with Crippen LogP contribution in [-0.4, -0.2) is 44.4 Å². The monoisotopic (exact) mass is 461 g/mol. The number of aromatic nitrogens is 2. The molecule has 0 spiro atoms. The van der Waals surface area contributed by atoms with Gasteiger partial charge in [-0.05, 0) is 61.6 Å². The molecule has 1 heterocycles. The van der Waals surface area contributed by atoms with E-state index < -0.39 is 23.4 Å². The van der Waals surface area contributed by atoms with Crippen LogP contribution in [0.4, 0.5) is 5.69 Å². The molecule has 1 saturated carbocycles. The van der Waals surface area contributed by atoms with Crippen LogP contribution in [0.3, 0.4) is 0 Å². The molecule has 1 fully saturated rings. The number of aliphatic hydroxyl groups is 1. The van der Waals surface area contributed by atoms with E-state index in [0.717, 1.165) is 11.0 Å². The lowest BCUT2D eigenvalue weighted by Crippen LogP contribution is -2.45. The van der Waals surface area contributed by atoms with Crippen molar-refractivity contribution in [2.24, 2.45) is 23.2 Å². The van der Waals surface area contributed by atoms with Gasteiger partial charge in [0.15, 0.2) is 0 Å². The van der Waals surface area contributed by atoms with Gasteiger partial charge in [0.1, 0.15) is 18.5 Å². The number of anilines is 1. The predicted octanol–water partition coefficient (Wildman–Crippen LogP) is 3.33. The number of carboxylic acid groups (broad SMARTS) is 1. The molecule has 0 saturated heterocycles. The van der Waals surface area contributed by atoms with Crippen LogP contribution in [0.1, 0.15) is 13.3 Å². The topological polar surface area (TPSA) is 114 Å². The molecule has 8 nitrogen and oxygen atoms in total. The van der Waals surface area contributed by atoms with Crippen molar-refractivity contribution in [2.45, 2.75) is 26.0 Å². The molecule has 2 bridgehead atoms. The Labute approximate surface area is 196 Å². The van der Waals surface area contributed by atoms with Gasteiger partial charge in [0.25, 0.3) is 0 Å². The lowest BCUT2D eigenvalue weighted by molar-refractivity contribution is -0.155. The number of allylic oxidation sites excluding steroid dienone is 2. The van der Waals surface area contributed by atoms with Crippen molar-refractivity contribution < 1.29 is 24.5 Å². The van der Waals surface area contributed by atoms with E-state index >= 15 is 0 Å². The zero-order chi connectivity index (χ0) is 23.9. The standard InChI is InChI=1S/C26H27N3O5/c1-26(25(32)33)17-7-6-16(12-17)23(26)24(31)28-18-8-10-20(11-9-18)34-14-19(30)13-29-15-27-21-4-2-3-5-22(21)29/h2-11,15-17,19,23,30H,12-14H2,1H3,(H,28,31)(H,32,33). The van der Waals surface area contributed by atoms with Gasteiger partial charge in [0, 0.05) is 5.69 Å². The number of carbonyl (C=O) groups is 2. The number of nitrogens with one attached hydrogen (secondary N) is 1. The number of carboxylic acids is 1. The molecule has 5 unspecified atom stereocenters. The van der Waals surface area contributed by atoms with E-state index in [9.17, 15) is 19.8 Å². The molecule has 176 valence electrons. The summed E-state index contributed by atoms with van der Waals surface area (Å²) in [6, 6.07) is 14.6. The first kappa shape index (κ1) is 22.2. The van der Waals surface area contributed by atoms with Crippen LogP contribution in [0.15, 0.2) is 67.0 Å². The number of hydrogen-bond acceptors (Lipinski definition) is 5. The molecule has 34 heavy (non-hydrogen) atoms. The zero-order valence-electron chi connectivity index (χ0n) is 18.8. The normalized spacial score (nSPS) is 26.0. The zero-order valence-corrected chi connectivity index (χ0v) is 18.8. The van der Waals surface area contributed by atoms with Crippen molar-refractivity contribution in [3.63, 3.8) is 0 Å². The maximum absolute atomic E-state index is 13.0. The maximum Gasteiger partial charge on any atom is 0.310 e. The Kier molecular flexibility index (Phi) is 5.61. The molecular formula is C26H27N3O5. The fourth-order valence-corrected chi connectivity index (χ4v) is 5.34. The summed E-state index contributed by atoms with van der Waals surface area (Å²) in [4.78, 5) is 29.3. The van der Waals surface area contributed by atoms with E-state index in [2.05, 4.69) is 10.3 Å². The Morgan fingerprint density at radius 3 is 2.74 bits per heavy atom. The van der Waals surface area contributed by atoms with Crippen molar-refractivity contribution in [1.29, 1.82) is 0 Å². The summed E-state index contributed by atoms with van der Waals surface area (Å²) < 4.78 is 7.60. The Balaban J connectivity index is 1.17. The summed E-state index contributed by atoms with van der Waals surface area (Å²) in [5, 5.41) is 23.1. The molecule has 0 aliphatic heterocycles. The third-order valence-electron chi connectivity index (χ3n) is 7.20. The van der Waals surface area contributed by atoms with E-state index in [1.807, 2.05) is 41.0 Å². The van der Waals surface area contributed by atoms with E-state index in [1.165, 1.54) is 0 Å². The van der Waals surface area contributed by atoms with E-state index in [4.69, 9.17) is 4.74 Å². The van der Waals surface area contributed by atoms with Crippen molar-refractivity contribution in [2.75, 3.05) is 11.9 Å². The van der Waals surface area contributed by atoms with Crippen LogP contribution < -0.4 is 10.1 Å². The van der Waals surface area contributed by atoms with Gasteiger partial charge in [0.2, 0.25) is 5.91 Å². The number of amides is 1. The molecule has 1 amide bonds. The lowest BCUT2D eigenvalue weighted by Gasteiger charge is -2.33. The Bertz CT molecular complexity index is 1250. The average molecular weight is 462 g/mol. The second-order valence-electron chi connectivity index (χ2n) is 9.32. The smallest absolute Gasteiger partial charge is 0.310 e. The van der Waals surface area contributed by atoms with Gasteiger partial charge in [-0.3, -0.25) is 9.59 Å². The van der Waals surface area contributed by atoms with Gasteiger partial charge < -0.3 is 24.8 Å². The summed E-state index contributed by atoms with van der Waals surface area (Å²) in [5.74, 6) is -1.43. The van der Waals surface area contributed by atoms with Crippen LogP contribution in [0.5, 0.6) is 5.75 Å². The minimum Gasteiger partial charge on any atom is -0.491 e. The van der Waals surface area contributed by atoms with E-state index in [1.54, 1.807) is 37.5 Å². The second-order valence-corrected chi connectivity index (χ2v) is 9.32. The van der Waals surface area contributed by atoms with Gasteiger partial charge in [-0.1, -0.05) is 24.3 Å². The van der Waals surface area contributed by atoms with Crippen molar-refractivity contribution >= 4 is 28.6 Å². The highest BCUT2D eigenvalue weighted by molar-refractivity contribution is 5.97. The molecule has 1 aromatic heterocycles. The third-order valence-corrected chi connectivity index (χ3v) is 7.20. The Morgan fingerprint density at radius 2 is 1.97 bits per heavy atom. The van der Waals surface area contributed by atoms with E-state index in [-0.39, 0.29) is 24.3 Å². The second kappa shape index (κ2) is 8.61. The highest BCUT2D eigenvalue weighted by Crippen LogP contribution is 2.56. The molecule has 5 rings (SSSR count). The summed E-state index contributed by atoms with van der Waals surface area (Å²) in [6.07, 6.45) is 5.57. The number of para-hydroxylation sites is 2. The van der Waals surface area contributed by atoms with Crippen LogP contribution in [0, 0.1) is 23.2 Å². The maximum atomic E-state index is 13.0. The van der Waals surface area contributed by atoms with Crippen LogP contribution >= 0.6 is 0 Å². The number of imidazole rings is 1. The van der Waals surface area contributed by atoms with Crippen molar-refractivity contribution in [3.05, 3.63) is 67.0 Å². The summed E-state index contributed by atoms with van der Waals surface area (Å²) in [5.41, 5.74) is 1.30. The Hall–Kier alpha value is -3.65.